The Hall–Kier alpha value is -1.26. The predicted molar refractivity (Wildman–Crippen MR) is 93.5 cm³/mol. The van der Waals surface area contributed by atoms with Gasteiger partial charge in [0.15, 0.2) is 11.5 Å². The normalized spacial score (nSPS) is 26.0. The molecule has 2 atom stereocenters. The molecule has 23 heavy (non-hydrogen) atoms. The van der Waals surface area contributed by atoms with E-state index < -0.39 is 0 Å². The van der Waals surface area contributed by atoms with Gasteiger partial charge in [-0.3, -0.25) is 0 Å². The van der Waals surface area contributed by atoms with Crippen LogP contribution in [0.4, 0.5) is 0 Å². The first-order valence-electron chi connectivity index (χ1n) is 9.00. The lowest BCUT2D eigenvalue weighted by molar-refractivity contribution is 0.101. The molecule has 0 amide bonds. The number of benzene rings is 1. The maximum absolute atomic E-state index is 6.29. The average Bonchev–Trinajstić information content (AvgIpc) is 2.56. The van der Waals surface area contributed by atoms with Crippen molar-refractivity contribution in [2.24, 2.45) is 0 Å². The summed E-state index contributed by atoms with van der Waals surface area (Å²) in [6.45, 7) is 3.31. The second-order valence-electron chi connectivity index (χ2n) is 6.94. The van der Waals surface area contributed by atoms with Crippen molar-refractivity contribution in [2.75, 3.05) is 33.8 Å². The Bertz CT molecular complexity index is 500. The highest BCUT2D eigenvalue weighted by atomic mass is 16.5. The van der Waals surface area contributed by atoms with Crippen molar-refractivity contribution < 1.29 is 9.47 Å². The van der Waals surface area contributed by atoms with E-state index in [1.54, 1.807) is 7.11 Å². The Labute approximate surface area is 140 Å². The largest absolute Gasteiger partial charge is 0.493 e. The molecule has 0 aliphatic carbocycles. The summed E-state index contributed by atoms with van der Waals surface area (Å²) in [5.41, 5.74) is 1.26. The first-order chi connectivity index (χ1) is 11.3. The van der Waals surface area contributed by atoms with Crippen molar-refractivity contribution in [3.63, 3.8) is 0 Å². The zero-order valence-electron chi connectivity index (χ0n) is 14.5. The fourth-order valence-electron chi connectivity index (χ4n) is 3.81. The third-order valence-corrected chi connectivity index (χ3v) is 5.02. The predicted octanol–water partition coefficient (Wildman–Crippen LogP) is 2.85. The summed E-state index contributed by atoms with van der Waals surface area (Å²) < 4.78 is 12.0. The number of hydrogen-bond donors (Lipinski definition) is 1. The highest BCUT2D eigenvalue weighted by molar-refractivity contribution is 5.47. The second kappa shape index (κ2) is 8.02. The van der Waals surface area contributed by atoms with Crippen molar-refractivity contribution in [2.45, 2.75) is 50.7 Å². The SMILES string of the molecule is COc1c(CC2CCCCN2)cccc1OC1CCCN(C)C1. The van der Waals surface area contributed by atoms with Crippen molar-refractivity contribution in [1.82, 2.24) is 10.2 Å². The van der Waals surface area contributed by atoms with E-state index in [-0.39, 0.29) is 6.10 Å². The number of hydrogen-bond acceptors (Lipinski definition) is 4. The molecule has 3 rings (SSSR count). The number of methoxy groups -OCH3 is 1. The highest BCUT2D eigenvalue weighted by Gasteiger charge is 2.22. The number of rotatable bonds is 5. The maximum atomic E-state index is 6.29. The Kier molecular flexibility index (Phi) is 5.79. The van der Waals surface area contributed by atoms with Gasteiger partial charge in [-0.05, 0) is 63.9 Å². The van der Waals surface area contributed by atoms with Gasteiger partial charge in [-0.1, -0.05) is 18.6 Å². The number of likely N-dealkylation sites (tertiary alicyclic amines) is 1. The summed E-state index contributed by atoms with van der Waals surface area (Å²) in [4.78, 5) is 2.34. The van der Waals surface area contributed by atoms with E-state index in [9.17, 15) is 0 Å². The summed E-state index contributed by atoms with van der Waals surface area (Å²) in [5, 5.41) is 3.62. The van der Waals surface area contributed by atoms with Crippen LogP contribution >= 0.6 is 0 Å². The van der Waals surface area contributed by atoms with Gasteiger partial charge in [0.1, 0.15) is 6.10 Å². The number of nitrogens with zero attached hydrogens (tertiary/aromatic N) is 1. The molecular weight excluding hydrogens is 288 g/mol. The zero-order chi connectivity index (χ0) is 16.1. The van der Waals surface area contributed by atoms with Crippen LogP contribution in [-0.4, -0.2) is 50.8 Å². The fraction of sp³-hybridized carbons (Fsp3) is 0.684. The quantitative estimate of drug-likeness (QED) is 0.905. The molecule has 0 saturated carbocycles. The molecule has 2 heterocycles. The Morgan fingerprint density at radius 1 is 1.22 bits per heavy atom. The zero-order valence-corrected chi connectivity index (χ0v) is 14.5. The first kappa shape index (κ1) is 16.6. The van der Waals surface area contributed by atoms with Crippen LogP contribution in [0, 0.1) is 0 Å². The van der Waals surface area contributed by atoms with E-state index >= 15 is 0 Å². The van der Waals surface area contributed by atoms with Gasteiger partial charge < -0.3 is 19.7 Å². The molecule has 128 valence electrons. The summed E-state index contributed by atoms with van der Waals surface area (Å²) >= 11 is 0. The van der Waals surface area contributed by atoms with Crippen molar-refractivity contribution >= 4 is 0 Å². The second-order valence-corrected chi connectivity index (χ2v) is 6.94. The lowest BCUT2D eigenvalue weighted by Gasteiger charge is -2.31. The van der Waals surface area contributed by atoms with Gasteiger partial charge in [0.2, 0.25) is 0 Å². The molecule has 0 aromatic heterocycles. The Morgan fingerprint density at radius 2 is 2.13 bits per heavy atom. The van der Waals surface area contributed by atoms with Gasteiger partial charge in [0, 0.05) is 12.6 Å². The third kappa shape index (κ3) is 4.39. The summed E-state index contributed by atoms with van der Waals surface area (Å²) in [5.74, 6) is 1.83. The lowest BCUT2D eigenvalue weighted by atomic mass is 9.97. The molecule has 2 unspecified atom stereocenters. The monoisotopic (exact) mass is 318 g/mol. The molecule has 4 nitrogen and oxygen atoms in total. The summed E-state index contributed by atoms with van der Waals surface area (Å²) in [7, 11) is 3.92. The van der Waals surface area contributed by atoms with E-state index in [1.165, 1.54) is 37.8 Å². The Balaban J connectivity index is 1.70. The number of ether oxygens (including phenoxy) is 2. The first-order valence-corrected chi connectivity index (χ1v) is 9.00. The van der Waals surface area contributed by atoms with Gasteiger partial charge in [-0.2, -0.15) is 0 Å². The minimum absolute atomic E-state index is 0.269. The van der Waals surface area contributed by atoms with Gasteiger partial charge in [0.25, 0.3) is 0 Å². The van der Waals surface area contributed by atoms with E-state index in [4.69, 9.17) is 9.47 Å². The standard InChI is InChI=1S/C19H30N2O2/c1-21-12-6-9-17(14-21)23-18-10-5-7-15(19(18)22-2)13-16-8-3-4-11-20-16/h5,7,10,16-17,20H,3-4,6,8-9,11-14H2,1-2H3. The van der Waals surface area contributed by atoms with Gasteiger partial charge in [0.05, 0.1) is 7.11 Å². The van der Waals surface area contributed by atoms with Crippen LogP contribution in [0.5, 0.6) is 11.5 Å². The molecular formula is C19H30N2O2. The van der Waals surface area contributed by atoms with Crippen molar-refractivity contribution in [3.05, 3.63) is 23.8 Å². The Morgan fingerprint density at radius 3 is 2.87 bits per heavy atom. The number of piperidine rings is 2. The van der Waals surface area contributed by atoms with Gasteiger partial charge in [-0.15, -0.1) is 0 Å². The summed E-state index contributed by atoms with van der Waals surface area (Å²) in [6.07, 6.45) is 7.49. The smallest absolute Gasteiger partial charge is 0.163 e. The number of likely N-dealkylation sites (N-methyl/N-ethyl adjacent to an activating group) is 1. The third-order valence-electron chi connectivity index (χ3n) is 5.02. The maximum Gasteiger partial charge on any atom is 0.163 e. The molecule has 4 heteroatoms. The minimum atomic E-state index is 0.269. The van der Waals surface area contributed by atoms with Gasteiger partial charge in [-0.25, -0.2) is 0 Å². The van der Waals surface area contributed by atoms with Crippen LogP contribution in [0.25, 0.3) is 0 Å². The highest BCUT2D eigenvalue weighted by Crippen LogP contribution is 2.34. The molecule has 0 spiro atoms. The topological polar surface area (TPSA) is 33.7 Å². The van der Waals surface area contributed by atoms with Crippen LogP contribution in [-0.2, 0) is 6.42 Å². The number of para-hydroxylation sites is 1. The van der Waals surface area contributed by atoms with E-state index in [0.717, 1.165) is 37.4 Å². The van der Waals surface area contributed by atoms with Crippen LogP contribution in [0.2, 0.25) is 0 Å². The lowest BCUT2D eigenvalue weighted by Crippen LogP contribution is -2.38. The molecule has 1 aromatic rings. The molecule has 2 saturated heterocycles. The van der Waals surface area contributed by atoms with Crippen LogP contribution in [0.1, 0.15) is 37.7 Å². The number of nitrogens with one attached hydrogen (secondary N) is 1. The van der Waals surface area contributed by atoms with Crippen LogP contribution < -0.4 is 14.8 Å². The molecule has 0 radical (unpaired) electrons. The van der Waals surface area contributed by atoms with Crippen LogP contribution in [0.3, 0.4) is 0 Å². The molecule has 0 bridgehead atoms. The van der Waals surface area contributed by atoms with Crippen molar-refractivity contribution in [1.29, 1.82) is 0 Å². The molecule has 2 aliphatic rings. The average molecular weight is 318 g/mol. The molecule has 1 N–H and O–H groups in total. The molecule has 1 aromatic carbocycles. The van der Waals surface area contributed by atoms with Crippen molar-refractivity contribution in [3.8, 4) is 11.5 Å². The van der Waals surface area contributed by atoms with E-state index in [1.807, 2.05) is 6.07 Å². The molecule has 2 aliphatic heterocycles. The summed E-state index contributed by atoms with van der Waals surface area (Å²) in [6, 6.07) is 6.89. The molecule has 2 fully saturated rings. The van der Waals surface area contributed by atoms with E-state index in [0.29, 0.717) is 6.04 Å². The fourth-order valence-corrected chi connectivity index (χ4v) is 3.81. The minimum Gasteiger partial charge on any atom is -0.493 e. The van der Waals surface area contributed by atoms with Crippen LogP contribution in [0.15, 0.2) is 18.2 Å². The van der Waals surface area contributed by atoms with Gasteiger partial charge >= 0.3 is 0 Å². The van der Waals surface area contributed by atoms with E-state index in [2.05, 4.69) is 29.4 Å².